The van der Waals surface area contributed by atoms with E-state index in [1.165, 1.54) is 38.5 Å². The largest absolute Gasteiger partial charge is 0.313 e. The minimum atomic E-state index is 0.607. The second-order valence-electron chi connectivity index (χ2n) is 6.90. The van der Waals surface area contributed by atoms with E-state index in [1.54, 1.807) is 11.1 Å². The Morgan fingerprint density at radius 2 is 1.79 bits per heavy atom. The number of fused-ring (bicyclic) bond motifs is 1. The average molecular weight is 255 g/mol. The van der Waals surface area contributed by atoms with E-state index in [1.807, 2.05) is 0 Å². The van der Waals surface area contributed by atoms with Gasteiger partial charge in [0.15, 0.2) is 0 Å². The van der Waals surface area contributed by atoms with Crippen LogP contribution < -0.4 is 5.32 Å². The third-order valence-corrected chi connectivity index (χ3v) is 6.02. The van der Waals surface area contributed by atoms with Crippen molar-refractivity contribution in [3.63, 3.8) is 0 Å². The maximum absolute atomic E-state index is 3.61. The molecule has 0 aromatic heterocycles. The fourth-order valence-corrected chi connectivity index (χ4v) is 4.70. The summed E-state index contributed by atoms with van der Waals surface area (Å²) in [6, 6.07) is 10.1. The summed E-state index contributed by atoms with van der Waals surface area (Å²) in [5, 5.41) is 3.61. The molecule has 1 N–H and O–H groups in total. The predicted molar refractivity (Wildman–Crippen MR) is 79.2 cm³/mol. The summed E-state index contributed by atoms with van der Waals surface area (Å²) < 4.78 is 0. The summed E-state index contributed by atoms with van der Waals surface area (Å²) in [7, 11) is 2.15. The van der Waals surface area contributed by atoms with Crippen LogP contribution in [0.4, 0.5) is 0 Å². The highest BCUT2D eigenvalue weighted by molar-refractivity contribution is 5.31. The third kappa shape index (κ3) is 1.94. The molecule has 3 aliphatic rings. The first kappa shape index (κ1) is 12.0. The molecule has 1 aromatic rings. The van der Waals surface area contributed by atoms with Gasteiger partial charge < -0.3 is 5.32 Å². The summed E-state index contributed by atoms with van der Waals surface area (Å²) in [5.74, 6) is 3.85. The average Bonchev–Trinajstić information content (AvgIpc) is 2.83. The van der Waals surface area contributed by atoms with Crippen LogP contribution in [0.3, 0.4) is 0 Å². The van der Waals surface area contributed by atoms with Crippen molar-refractivity contribution in [3.8, 4) is 0 Å². The van der Waals surface area contributed by atoms with E-state index in [-0.39, 0.29) is 0 Å². The Morgan fingerprint density at radius 3 is 2.42 bits per heavy atom. The van der Waals surface area contributed by atoms with E-state index in [9.17, 15) is 0 Å². The van der Waals surface area contributed by atoms with Crippen molar-refractivity contribution in [2.24, 2.45) is 17.8 Å². The van der Waals surface area contributed by atoms with E-state index in [0.29, 0.717) is 6.04 Å². The second kappa shape index (κ2) is 4.63. The second-order valence-corrected chi connectivity index (χ2v) is 6.90. The smallest absolute Gasteiger partial charge is 0.0351 e. The van der Waals surface area contributed by atoms with Crippen molar-refractivity contribution in [1.82, 2.24) is 5.32 Å². The van der Waals surface area contributed by atoms with Gasteiger partial charge in [-0.05, 0) is 67.5 Å². The summed E-state index contributed by atoms with van der Waals surface area (Å²) >= 11 is 0. The zero-order valence-corrected chi connectivity index (χ0v) is 11.9. The number of hydrogen-bond donors (Lipinski definition) is 1. The van der Waals surface area contributed by atoms with Crippen molar-refractivity contribution >= 4 is 0 Å². The molecule has 0 saturated heterocycles. The van der Waals surface area contributed by atoms with Crippen LogP contribution in [-0.4, -0.2) is 7.05 Å². The SMILES string of the molecule is CNC(c1cccc(C2CCC2)c1)C1C2CCCC21. The van der Waals surface area contributed by atoms with Gasteiger partial charge in [0, 0.05) is 6.04 Å². The Bertz CT molecular complexity index is 453. The summed E-state index contributed by atoms with van der Waals surface area (Å²) in [4.78, 5) is 0. The first-order valence-electron chi connectivity index (χ1n) is 8.15. The van der Waals surface area contributed by atoms with Crippen LogP contribution in [0.5, 0.6) is 0 Å². The van der Waals surface area contributed by atoms with Crippen molar-refractivity contribution in [3.05, 3.63) is 35.4 Å². The van der Waals surface area contributed by atoms with Crippen molar-refractivity contribution in [2.45, 2.75) is 50.5 Å². The molecule has 0 amide bonds. The summed E-state index contributed by atoms with van der Waals surface area (Å²) in [5.41, 5.74) is 3.14. The molecule has 3 saturated carbocycles. The van der Waals surface area contributed by atoms with Gasteiger partial charge in [-0.3, -0.25) is 0 Å². The minimum Gasteiger partial charge on any atom is -0.313 e. The number of nitrogens with one attached hydrogen (secondary N) is 1. The van der Waals surface area contributed by atoms with Crippen molar-refractivity contribution < 1.29 is 0 Å². The Labute approximate surface area is 116 Å². The maximum atomic E-state index is 3.61. The standard InChI is InChI=1S/C18H25N/c1-19-18(17-15-9-4-10-16(15)17)14-8-3-7-13(11-14)12-5-2-6-12/h3,7-8,11-12,15-19H,2,4-6,9-10H2,1H3. The highest BCUT2D eigenvalue weighted by Gasteiger charge is 2.55. The molecule has 1 nitrogen and oxygen atoms in total. The monoisotopic (exact) mass is 255 g/mol. The van der Waals surface area contributed by atoms with E-state index in [2.05, 4.69) is 36.6 Å². The fraction of sp³-hybridized carbons (Fsp3) is 0.667. The van der Waals surface area contributed by atoms with Crippen LogP contribution in [-0.2, 0) is 0 Å². The van der Waals surface area contributed by atoms with Gasteiger partial charge in [0.05, 0.1) is 0 Å². The van der Waals surface area contributed by atoms with Crippen LogP contribution in [0, 0.1) is 17.8 Å². The molecular weight excluding hydrogens is 230 g/mol. The summed E-state index contributed by atoms with van der Waals surface area (Å²) in [6.07, 6.45) is 8.68. The highest BCUT2D eigenvalue weighted by atomic mass is 14.9. The molecule has 0 spiro atoms. The van der Waals surface area contributed by atoms with E-state index in [4.69, 9.17) is 0 Å². The lowest BCUT2D eigenvalue weighted by molar-refractivity contribution is 0.416. The van der Waals surface area contributed by atoms with Gasteiger partial charge in [-0.25, -0.2) is 0 Å². The first-order valence-corrected chi connectivity index (χ1v) is 8.15. The van der Waals surface area contributed by atoms with E-state index < -0.39 is 0 Å². The molecular formula is C18H25N. The van der Waals surface area contributed by atoms with Gasteiger partial charge >= 0.3 is 0 Å². The summed E-state index contributed by atoms with van der Waals surface area (Å²) in [6.45, 7) is 0. The zero-order chi connectivity index (χ0) is 12.8. The molecule has 3 fully saturated rings. The molecule has 102 valence electrons. The number of hydrogen-bond acceptors (Lipinski definition) is 1. The number of rotatable bonds is 4. The first-order chi connectivity index (χ1) is 9.38. The predicted octanol–water partition coefficient (Wildman–Crippen LogP) is 4.26. The van der Waals surface area contributed by atoms with Gasteiger partial charge in [0.2, 0.25) is 0 Å². The lowest BCUT2D eigenvalue weighted by Crippen LogP contribution is -2.21. The molecule has 0 bridgehead atoms. The van der Waals surface area contributed by atoms with Gasteiger partial charge in [0.1, 0.15) is 0 Å². The van der Waals surface area contributed by atoms with Gasteiger partial charge in [-0.15, -0.1) is 0 Å². The Kier molecular flexibility index (Phi) is 2.91. The Morgan fingerprint density at radius 1 is 1.05 bits per heavy atom. The molecule has 3 aliphatic carbocycles. The van der Waals surface area contributed by atoms with Crippen LogP contribution in [0.25, 0.3) is 0 Å². The van der Waals surface area contributed by atoms with Gasteiger partial charge in [0.25, 0.3) is 0 Å². The van der Waals surface area contributed by atoms with Crippen molar-refractivity contribution in [1.29, 1.82) is 0 Å². The van der Waals surface area contributed by atoms with Crippen LogP contribution >= 0.6 is 0 Å². The lowest BCUT2D eigenvalue weighted by atomic mass is 9.79. The normalized spacial score (nSPS) is 34.7. The Hall–Kier alpha value is -0.820. The molecule has 19 heavy (non-hydrogen) atoms. The van der Waals surface area contributed by atoms with E-state index >= 15 is 0 Å². The third-order valence-electron chi connectivity index (χ3n) is 6.02. The van der Waals surface area contributed by atoms with Gasteiger partial charge in [-0.2, -0.15) is 0 Å². The molecule has 3 atom stereocenters. The molecule has 4 rings (SSSR count). The molecule has 0 aliphatic heterocycles. The highest BCUT2D eigenvalue weighted by Crippen LogP contribution is 2.62. The van der Waals surface area contributed by atoms with Gasteiger partial charge in [-0.1, -0.05) is 37.1 Å². The lowest BCUT2D eigenvalue weighted by Gasteiger charge is -2.27. The molecule has 0 heterocycles. The Balaban J connectivity index is 1.56. The molecule has 3 unspecified atom stereocenters. The maximum Gasteiger partial charge on any atom is 0.0351 e. The minimum absolute atomic E-state index is 0.607. The topological polar surface area (TPSA) is 12.0 Å². The van der Waals surface area contributed by atoms with Crippen LogP contribution in [0.2, 0.25) is 0 Å². The van der Waals surface area contributed by atoms with E-state index in [0.717, 1.165) is 23.7 Å². The quantitative estimate of drug-likeness (QED) is 0.847. The zero-order valence-electron chi connectivity index (χ0n) is 11.9. The molecule has 1 heteroatoms. The molecule has 0 radical (unpaired) electrons. The van der Waals surface area contributed by atoms with Crippen molar-refractivity contribution in [2.75, 3.05) is 7.05 Å². The van der Waals surface area contributed by atoms with Crippen LogP contribution in [0.1, 0.15) is 61.6 Å². The van der Waals surface area contributed by atoms with Crippen LogP contribution in [0.15, 0.2) is 24.3 Å². The fourth-order valence-electron chi connectivity index (χ4n) is 4.70. The number of benzene rings is 1. The molecule has 1 aromatic carbocycles.